The van der Waals surface area contributed by atoms with Crippen LogP contribution in [0.15, 0.2) is 59.2 Å². The lowest BCUT2D eigenvalue weighted by atomic mass is 10.2. The van der Waals surface area contributed by atoms with E-state index in [0.29, 0.717) is 11.5 Å². The molecule has 2 heterocycles. The summed E-state index contributed by atoms with van der Waals surface area (Å²) in [5.41, 5.74) is 1.68. The van der Waals surface area contributed by atoms with E-state index in [9.17, 15) is 18.4 Å². The standard InChI is InChI=1S/C24H19ClF2N4O3/c1-13-21(22(25)31(30-13)12-15-3-5-16(26)6-4-15)24(33)28-17-7-8-19(27)20(11-17)29-23(32)18-9-10-34-14(18)2/h3-11H,12H2,1-2H3,(H,28,33)(H,29,32). The minimum absolute atomic E-state index is 0.102. The second-order valence-electron chi connectivity index (χ2n) is 7.53. The molecule has 0 atom stereocenters. The second-order valence-corrected chi connectivity index (χ2v) is 7.89. The normalized spacial score (nSPS) is 10.9. The third-order valence-corrected chi connectivity index (χ3v) is 5.50. The van der Waals surface area contributed by atoms with Gasteiger partial charge in [0.15, 0.2) is 0 Å². The number of aromatic nitrogens is 2. The molecule has 2 aromatic heterocycles. The summed E-state index contributed by atoms with van der Waals surface area (Å²) in [7, 11) is 0. The first-order chi connectivity index (χ1) is 16.2. The molecule has 0 radical (unpaired) electrons. The number of anilines is 2. The van der Waals surface area contributed by atoms with Gasteiger partial charge in [-0.05, 0) is 55.8 Å². The van der Waals surface area contributed by atoms with Crippen molar-refractivity contribution in [2.75, 3.05) is 10.6 Å². The van der Waals surface area contributed by atoms with E-state index in [0.717, 1.165) is 11.6 Å². The van der Waals surface area contributed by atoms with Crippen LogP contribution >= 0.6 is 11.6 Å². The molecule has 4 rings (SSSR count). The summed E-state index contributed by atoms with van der Waals surface area (Å²) in [4.78, 5) is 25.3. The van der Waals surface area contributed by atoms with E-state index in [1.54, 1.807) is 26.0 Å². The van der Waals surface area contributed by atoms with Gasteiger partial charge in [0.2, 0.25) is 0 Å². The van der Waals surface area contributed by atoms with Crippen molar-refractivity contribution in [2.24, 2.45) is 0 Å². The number of furan rings is 1. The van der Waals surface area contributed by atoms with Crippen LogP contribution in [0.3, 0.4) is 0 Å². The zero-order valence-electron chi connectivity index (χ0n) is 18.2. The van der Waals surface area contributed by atoms with E-state index in [4.69, 9.17) is 16.0 Å². The van der Waals surface area contributed by atoms with E-state index in [1.807, 2.05) is 0 Å². The molecule has 0 saturated carbocycles. The first-order valence-electron chi connectivity index (χ1n) is 10.2. The molecule has 0 aliphatic heterocycles. The second kappa shape index (κ2) is 9.48. The fraction of sp³-hybridized carbons (Fsp3) is 0.125. The van der Waals surface area contributed by atoms with Gasteiger partial charge in [-0.1, -0.05) is 23.7 Å². The van der Waals surface area contributed by atoms with Crippen molar-refractivity contribution in [1.82, 2.24) is 9.78 Å². The molecular weight excluding hydrogens is 466 g/mol. The molecule has 0 spiro atoms. The minimum Gasteiger partial charge on any atom is -0.469 e. The van der Waals surface area contributed by atoms with E-state index in [1.165, 1.54) is 41.3 Å². The lowest BCUT2D eigenvalue weighted by Gasteiger charge is -2.10. The van der Waals surface area contributed by atoms with Gasteiger partial charge < -0.3 is 15.1 Å². The number of nitrogens with one attached hydrogen (secondary N) is 2. The summed E-state index contributed by atoms with van der Waals surface area (Å²) in [5.74, 6) is -1.74. The van der Waals surface area contributed by atoms with Gasteiger partial charge in [-0.2, -0.15) is 5.10 Å². The first-order valence-corrected chi connectivity index (χ1v) is 10.5. The van der Waals surface area contributed by atoms with Crippen LogP contribution in [0.5, 0.6) is 0 Å². The van der Waals surface area contributed by atoms with Crippen LogP contribution in [0.2, 0.25) is 5.15 Å². The van der Waals surface area contributed by atoms with Crippen LogP contribution < -0.4 is 10.6 Å². The molecule has 4 aromatic rings. The molecule has 174 valence electrons. The number of amides is 2. The zero-order chi connectivity index (χ0) is 24.4. The molecule has 0 aliphatic carbocycles. The lowest BCUT2D eigenvalue weighted by molar-refractivity contribution is 0.101. The quantitative estimate of drug-likeness (QED) is 0.374. The van der Waals surface area contributed by atoms with E-state index < -0.39 is 17.6 Å². The summed E-state index contributed by atoms with van der Waals surface area (Å²) >= 11 is 6.41. The Balaban J connectivity index is 1.52. The van der Waals surface area contributed by atoms with Crippen LogP contribution in [0.25, 0.3) is 0 Å². The van der Waals surface area contributed by atoms with Gasteiger partial charge in [0, 0.05) is 5.69 Å². The van der Waals surface area contributed by atoms with E-state index in [-0.39, 0.29) is 40.0 Å². The topological polar surface area (TPSA) is 89.2 Å². The maximum Gasteiger partial charge on any atom is 0.260 e. The third kappa shape index (κ3) is 4.84. The first kappa shape index (κ1) is 23.2. The molecule has 0 fully saturated rings. The largest absolute Gasteiger partial charge is 0.469 e. The predicted octanol–water partition coefficient (Wildman–Crippen LogP) is 5.58. The number of aryl methyl sites for hydroxylation is 2. The van der Waals surface area contributed by atoms with Crippen LogP contribution in [0.4, 0.5) is 20.2 Å². The summed E-state index contributed by atoms with van der Waals surface area (Å²) in [6.07, 6.45) is 1.36. The van der Waals surface area contributed by atoms with Crippen LogP contribution in [0.1, 0.15) is 37.7 Å². The van der Waals surface area contributed by atoms with Crippen molar-refractivity contribution in [3.8, 4) is 0 Å². The van der Waals surface area contributed by atoms with Gasteiger partial charge in [0.05, 0.1) is 35.3 Å². The number of carbonyl (C=O) groups excluding carboxylic acids is 2. The summed E-state index contributed by atoms with van der Waals surface area (Å²) in [6, 6.07) is 11.1. The van der Waals surface area contributed by atoms with Gasteiger partial charge in [-0.25, -0.2) is 13.5 Å². The number of nitrogens with zero attached hydrogens (tertiary/aromatic N) is 2. The van der Waals surface area contributed by atoms with Crippen molar-refractivity contribution in [3.05, 3.63) is 99.7 Å². The Bertz CT molecular complexity index is 1380. The Morgan fingerprint density at radius 2 is 1.76 bits per heavy atom. The van der Waals surface area contributed by atoms with Crippen LogP contribution in [-0.4, -0.2) is 21.6 Å². The van der Waals surface area contributed by atoms with Crippen molar-refractivity contribution in [2.45, 2.75) is 20.4 Å². The van der Waals surface area contributed by atoms with E-state index in [2.05, 4.69) is 15.7 Å². The maximum atomic E-state index is 14.3. The fourth-order valence-electron chi connectivity index (χ4n) is 3.38. The molecule has 10 heteroatoms. The Morgan fingerprint density at radius 3 is 2.44 bits per heavy atom. The predicted molar refractivity (Wildman–Crippen MR) is 123 cm³/mol. The van der Waals surface area contributed by atoms with Gasteiger partial charge in [-0.3, -0.25) is 9.59 Å². The number of halogens is 3. The highest BCUT2D eigenvalue weighted by molar-refractivity contribution is 6.33. The Labute approximate surface area is 198 Å². The highest BCUT2D eigenvalue weighted by Crippen LogP contribution is 2.25. The highest BCUT2D eigenvalue weighted by Gasteiger charge is 2.21. The van der Waals surface area contributed by atoms with Gasteiger partial charge in [0.25, 0.3) is 11.8 Å². The summed E-state index contributed by atoms with van der Waals surface area (Å²) in [5, 5.41) is 9.52. The minimum atomic E-state index is -0.672. The molecule has 2 aromatic carbocycles. The van der Waals surface area contributed by atoms with Gasteiger partial charge in [0.1, 0.15) is 22.5 Å². The SMILES string of the molecule is Cc1nn(Cc2ccc(F)cc2)c(Cl)c1C(=O)Nc1ccc(F)c(NC(=O)c2ccoc2C)c1. The summed E-state index contributed by atoms with van der Waals surface area (Å²) in [6.45, 7) is 3.49. The fourth-order valence-corrected chi connectivity index (χ4v) is 3.70. The molecular formula is C24H19ClF2N4O3. The average molecular weight is 485 g/mol. The molecule has 0 bridgehead atoms. The molecule has 2 amide bonds. The smallest absolute Gasteiger partial charge is 0.260 e. The van der Waals surface area contributed by atoms with Crippen molar-refractivity contribution >= 4 is 34.8 Å². The van der Waals surface area contributed by atoms with Gasteiger partial charge >= 0.3 is 0 Å². The van der Waals surface area contributed by atoms with Crippen LogP contribution in [0, 0.1) is 25.5 Å². The average Bonchev–Trinajstić information content (AvgIpc) is 3.34. The molecule has 0 aliphatic rings. The molecule has 0 saturated heterocycles. The molecule has 2 N–H and O–H groups in total. The number of hydrogen-bond donors (Lipinski definition) is 2. The monoisotopic (exact) mass is 484 g/mol. The molecule has 34 heavy (non-hydrogen) atoms. The molecule has 7 nitrogen and oxygen atoms in total. The maximum absolute atomic E-state index is 14.3. The van der Waals surface area contributed by atoms with Gasteiger partial charge in [-0.15, -0.1) is 0 Å². The van der Waals surface area contributed by atoms with Crippen molar-refractivity contribution in [1.29, 1.82) is 0 Å². The van der Waals surface area contributed by atoms with Crippen molar-refractivity contribution < 1.29 is 22.8 Å². The zero-order valence-corrected chi connectivity index (χ0v) is 18.9. The number of benzene rings is 2. The van der Waals surface area contributed by atoms with E-state index >= 15 is 0 Å². The number of hydrogen-bond acceptors (Lipinski definition) is 4. The summed E-state index contributed by atoms with van der Waals surface area (Å²) < 4.78 is 34.0. The lowest BCUT2D eigenvalue weighted by Crippen LogP contribution is -2.15. The third-order valence-electron chi connectivity index (χ3n) is 5.11. The Hall–Kier alpha value is -3.98. The highest BCUT2D eigenvalue weighted by atomic mass is 35.5. The van der Waals surface area contributed by atoms with Crippen molar-refractivity contribution in [3.63, 3.8) is 0 Å². The van der Waals surface area contributed by atoms with Crippen LogP contribution in [-0.2, 0) is 6.54 Å². The molecule has 0 unspecified atom stereocenters. The Morgan fingerprint density at radius 1 is 1.03 bits per heavy atom. The Kier molecular flexibility index (Phi) is 6.47. The number of rotatable bonds is 6. The number of carbonyl (C=O) groups is 2.